The molecule has 0 spiro atoms. The van der Waals surface area contributed by atoms with Gasteiger partial charge >= 0.3 is 6.43 Å². The summed E-state index contributed by atoms with van der Waals surface area (Å²) < 4.78 is 64.3. The van der Waals surface area contributed by atoms with Crippen molar-refractivity contribution in [1.29, 1.82) is 0 Å². The molecule has 1 fully saturated rings. The van der Waals surface area contributed by atoms with Crippen LogP contribution in [0.5, 0.6) is 0 Å². The van der Waals surface area contributed by atoms with Crippen LogP contribution in [0, 0.1) is 5.82 Å². The van der Waals surface area contributed by atoms with Crippen LogP contribution in [0.25, 0.3) is 11.5 Å². The van der Waals surface area contributed by atoms with Crippen LogP contribution in [0.3, 0.4) is 0 Å². The lowest BCUT2D eigenvalue weighted by molar-refractivity contribution is 0.116. The van der Waals surface area contributed by atoms with Crippen molar-refractivity contribution in [3.63, 3.8) is 0 Å². The summed E-state index contributed by atoms with van der Waals surface area (Å²) in [6, 6.07) is 7.62. The number of halogens is 3. The zero-order chi connectivity index (χ0) is 23.4. The quantitative estimate of drug-likeness (QED) is 0.439. The highest BCUT2D eigenvalue weighted by Gasteiger charge is 2.27. The Labute approximate surface area is 195 Å². The van der Waals surface area contributed by atoms with E-state index in [9.17, 15) is 17.4 Å². The number of piperazine rings is 1. The summed E-state index contributed by atoms with van der Waals surface area (Å²) in [5.74, 6) is -1.63. The van der Waals surface area contributed by atoms with Gasteiger partial charge in [0.1, 0.15) is 5.82 Å². The molecule has 4 rings (SSSR count). The minimum atomic E-state index is -2.91. The van der Waals surface area contributed by atoms with Crippen molar-refractivity contribution in [3.8, 4) is 11.5 Å². The van der Waals surface area contributed by atoms with Crippen molar-refractivity contribution in [1.82, 2.24) is 23.8 Å². The van der Waals surface area contributed by atoms with E-state index < -0.39 is 29.3 Å². The van der Waals surface area contributed by atoms with Crippen LogP contribution in [0.4, 0.5) is 18.9 Å². The Hall–Kier alpha value is -2.48. The van der Waals surface area contributed by atoms with E-state index in [4.69, 9.17) is 4.42 Å². The van der Waals surface area contributed by atoms with Gasteiger partial charge in [-0.2, -0.15) is 8.78 Å². The van der Waals surface area contributed by atoms with Gasteiger partial charge in [-0.25, -0.2) is 17.2 Å². The first-order chi connectivity index (χ1) is 16.0. The Morgan fingerprint density at radius 3 is 2.61 bits per heavy atom. The number of benzene rings is 1. The zero-order valence-corrected chi connectivity index (χ0v) is 19.2. The third kappa shape index (κ3) is 5.54. The molecular weight excluding hydrogens is 477 g/mol. The monoisotopic (exact) mass is 498 g/mol. The van der Waals surface area contributed by atoms with Crippen LogP contribution in [0.15, 0.2) is 47.1 Å². The Morgan fingerprint density at radius 2 is 2.00 bits per heavy atom. The second-order valence-corrected chi connectivity index (χ2v) is 9.37. The molecule has 0 radical (unpaired) electrons. The molecule has 3 heterocycles. The lowest BCUT2D eigenvalue weighted by atomic mass is 10.1. The second-order valence-electron chi connectivity index (χ2n) is 7.07. The van der Waals surface area contributed by atoms with Crippen LogP contribution in [0.2, 0.25) is 0 Å². The Morgan fingerprint density at radius 1 is 1.21 bits per heavy atom. The largest absolute Gasteiger partial charge is 0.415 e. The normalized spacial score (nSPS) is 16.3. The topological polar surface area (TPSA) is 78.6 Å². The molecule has 8 nitrogen and oxygen atoms in total. The maximum absolute atomic E-state index is 15.0. The van der Waals surface area contributed by atoms with Gasteiger partial charge in [0.2, 0.25) is 5.89 Å². The van der Waals surface area contributed by atoms with Crippen LogP contribution in [-0.4, -0.2) is 60.4 Å². The lowest BCUT2D eigenvalue weighted by Crippen LogP contribution is -2.48. The molecule has 1 saturated heterocycles. The molecule has 1 unspecified atom stereocenters. The van der Waals surface area contributed by atoms with Crippen molar-refractivity contribution in [3.05, 3.63) is 60.0 Å². The first-order valence-electron chi connectivity index (χ1n) is 10.00. The molecule has 0 N–H and O–H groups in total. The van der Waals surface area contributed by atoms with E-state index >= 15 is 0 Å². The summed E-state index contributed by atoms with van der Waals surface area (Å²) in [7, 11) is 0. The summed E-state index contributed by atoms with van der Waals surface area (Å²) in [4.78, 5) is 4.10. The van der Waals surface area contributed by atoms with Crippen LogP contribution in [0.1, 0.15) is 17.9 Å². The smallest absolute Gasteiger partial charge is 0.314 e. The molecule has 0 saturated carbocycles. The molecule has 0 bridgehead atoms. The molecule has 1 atom stereocenters. The van der Waals surface area contributed by atoms with Gasteiger partial charge < -0.3 is 4.42 Å². The Bertz CT molecular complexity index is 1100. The summed E-state index contributed by atoms with van der Waals surface area (Å²) in [5, 5.41) is 6.81. The van der Waals surface area contributed by atoms with Gasteiger partial charge in [-0.3, -0.25) is 9.29 Å². The molecular formula is C20H21F3N6O2S2. The van der Waals surface area contributed by atoms with E-state index in [1.165, 1.54) is 12.1 Å². The molecule has 1 aromatic carbocycles. The SMILES string of the molecule is CSN1CCN(S(=O)N(Cc2ccc(-c3nnc(C(F)F)o3)cc2F)c2cccnc2)CC1. The summed E-state index contributed by atoms with van der Waals surface area (Å²) in [6.45, 7) is 2.76. The first-order valence-corrected chi connectivity index (χ1v) is 12.2. The Balaban J connectivity index is 1.56. The van der Waals surface area contributed by atoms with Crippen molar-refractivity contribution in [2.24, 2.45) is 0 Å². The zero-order valence-electron chi connectivity index (χ0n) is 17.6. The highest BCUT2D eigenvalue weighted by molar-refractivity contribution is 7.96. The fourth-order valence-corrected chi connectivity index (χ4v) is 5.11. The Kier molecular flexibility index (Phi) is 7.63. The van der Waals surface area contributed by atoms with E-state index in [0.717, 1.165) is 19.2 Å². The lowest BCUT2D eigenvalue weighted by Gasteiger charge is -2.35. The molecule has 33 heavy (non-hydrogen) atoms. The molecule has 176 valence electrons. The number of anilines is 1. The number of nitrogens with zero attached hydrogens (tertiary/aromatic N) is 6. The van der Waals surface area contributed by atoms with Crippen LogP contribution < -0.4 is 4.31 Å². The number of aromatic nitrogens is 3. The van der Waals surface area contributed by atoms with E-state index in [1.54, 1.807) is 40.8 Å². The predicted octanol–water partition coefficient (Wildman–Crippen LogP) is 3.69. The maximum Gasteiger partial charge on any atom is 0.314 e. The minimum Gasteiger partial charge on any atom is -0.415 e. The average Bonchev–Trinajstić information content (AvgIpc) is 3.34. The van der Waals surface area contributed by atoms with Crippen molar-refractivity contribution >= 4 is 28.8 Å². The molecule has 13 heteroatoms. The van der Waals surface area contributed by atoms with Crippen molar-refractivity contribution < 1.29 is 21.8 Å². The minimum absolute atomic E-state index is 0.0132. The molecule has 3 aromatic rings. The van der Waals surface area contributed by atoms with Gasteiger partial charge in [0.15, 0.2) is 11.2 Å². The fraction of sp³-hybridized carbons (Fsp3) is 0.350. The highest BCUT2D eigenvalue weighted by atomic mass is 32.2. The third-order valence-corrected chi connectivity index (χ3v) is 7.45. The van der Waals surface area contributed by atoms with Crippen LogP contribution in [-0.2, 0) is 17.7 Å². The molecule has 1 aliphatic rings. The maximum atomic E-state index is 15.0. The molecule has 2 aromatic heterocycles. The van der Waals surface area contributed by atoms with Gasteiger partial charge in [-0.05, 0) is 30.5 Å². The van der Waals surface area contributed by atoms with Crippen LogP contribution >= 0.6 is 11.9 Å². The van der Waals surface area contributed by atoms with E-state index in [0.29, 0.717) is 18.8 Å². The average molecular weight is 499 g/mol. The predicted molar refractivity (Wildman–Crippen MR) is 120 cm³/mol. The van der Waals surface area contributed by atoms with Crippen molar-refractivity contribution in [2.75, 3.05) is 36.7 Å². The van der Waals surface area contributed by atoms with E-state index in [2.05, 4.69) is 19.5 Å². The standard InChI is InChI=1S/C20H21F3N6O2S2/c1-32-27-7-9-28(10-8-27)33(30)29(16-3-2-6-24-12-16)13-15-5-4-14(11-17(15)21)19-25-26-20(31-19)18(22)23/h2-6,11-12,18H,7-10,13H2,1H3. The number of alkyl halides is 2. The van der Waals surface area contributed by atoms with Gasteiger partial charge in [0, 0.05) is 43.5 Å². The number of hydrogen-bond donors (Lipinski definition) is 0. The van der Waals surface area contributed by atoms with Gasteiger partial charge in [0.05, 0.1) is 18.4 Å². The van der Waals surface area contributed by atoms with Gasteiger partial charge in [-0.1, -0.05) is 18.0 Å². The van der Waals surface area contributed by atoms with Gasteiger partial charge in [-0.15, -0.1) is 10.2 Å². The number of hydrogen-bond acceptors (Lipinski definition) is 7. The fourth-order valence-electron chi connectivity index (χ4n) is 3.29. The van der Waals surface area contributed by atoms with Gasteiger partial charge in [0.25, 0.3) is 5.89 Å². The summed E-state index contributed by atoms with van der Waals surface area (Å²) in [5.41, 5.74) is 1.04. The van der Waals surface area contributed by atoms with E-state index in [1.807, 2.05) is 10.6 Å². The van der Waals surface area contributed by atoms with Crippen molar-refractivity contribution in [2.45, 2.75) is 13.0 Å². The van der Waals surface area contributed by atoms with E-state index in [-0.39, 0.29) is 23.6 Å². The molecule has 1 aliphatic heterocycles. The number of rotatable bonds is 8. The molecule has 0 aliphatic carbocycles. The second kappa shape index (κ2) is 10.6. The number of pyridine rings is 1. The highest BCUT2D eigenvalue weighted by Crippen LogP contribution is 2.27. The summed E-state index contributed by atoms with van der Waals surface area (Å²) >= 11 is 0.0827. The molecule has 0 amide bonds. The first kappa shape index (κ1) is 23.7. The third-order valence-electron chi connectivity index (χ3n) is 5.04. The summed E-state index contributed by atoms with van der Waals surface area (Å²) in [6.07, 6.45) is 2.28.